The number of β-lactam (4-membered cyclic amide) rings is 1. The first-order valence-corrected chi connectivity index (χ1v) is 13.1. The number of amides is 2. The number of hydrogen-bond acceptors (Lipinski definition) is 12. The highest BCUT2D eigenvalue weighted by Crippen LogP contribution is 2.41. The number of H-pyrrole nitrogens is 1. The van der Waals surface area contributed by atoms with Crippen molar-refractivity contribution in [3.8, 4) is 0 Å². The Morgan fingerprint density at radius 2 is 2.08 bits per heavy atom. The first-order chi connectivity index (χ1) is 17.9. The van der Waals surface area contributed by atoms with Crippen molar-refractivity contribution in [3.63, 3.8) is 0 Å². The lowest BCUT2D eigenvalue weighted by Gasteiger charge is -2.49. The van der Waals surface area contributed by atoms with Crippen LogP contribution in [0.1, 0.15) is 18.8 Å². The van der Waals surface area contributed by atoms with Gasteiger partial charge in [0.05, 0.1) is 6.54 Å². The highest BCUT2D eigenvalue weighted by atomic mass is 32.2. The number of para-hydroxylation sites is 1. The fraction of sp³-hybridized carbons (Fsp3) is 0.350. The fourth-order valence-corrected chi connectivity index (χ4v) is 6.33. The average molecular weight is 544 g/mol. The third-order valence-corrected chi connectivity index (χ3v) is 8.11. The van der Waals surface area contributed by atoms with Crippen LogP contribution in [-0.4, -0.2) is 98.1 Å². The second-order valence-electron chi connectivity index (χ2n) is 8.09. The number of carbonyl (C=O) groups excluding carboxylic acids is 2. The fourth-order valence-electron chi connectivity index (χ4n) is 3.89. The zero-order chi connectivity index (χ0) is 25.9. The highest BCUT2D eigenvalue weighted by molar-refractivity contribution is 8.01. The van der Waals surface area contributed by atoms with E-state index in [0.29, 0.717) is 22.3 Å². The van der Waals surface area contributed by atoms with E-state index in [9.17, 15) is 19.5 Å². The van der Waals surface area contributed by atoms with E-state index >= 15 is 0 Å². The molecule has 1 fully saturated rings. The van der Waals surface area contributed by atoms with E-state index < -0.39 is 23.3 Å². The third-order valence-electron chi connectivity index (χ3n) is 5.76. The van der Waals surface area contributed by atoms with E-state index in [2.05, 4.69) is 46.8 Å². The monoisotopic (exact) mass is 543 g/mol. The van der Waals surface area contributed by atoms with Crippen LogP contribution in [0.2, 0.25) is 0 Å². The molecule has 0 bridgehead atoms. The summed E-state index contributed by atoms with van der Waals surface area (Å²) in [4.78, 5) is 38.7. The summed E-state index contributed by atoms with van der Waals surface area (Å²) in [5.41, 5.74) is 1.27. The molecule has 1 saturated heterocycles. The number of thioether (sulfide) groups is 2. The van der Waals surface area contributed by atoms with Crippen molar-refractivity contribution in [2.24, 2.45) is 0 Å². The Balaban J connectivity index is 1.23. The lowest BCUT2D eigenvalue weighted by atomic mass is 10.0. The van der Waals surface area contributed by atoms with Crippen LogP contribution >= 0.6 is 23.5 Å². The molecule has 5 rings (SSSR count). The van der Waals surface area contributed by atoms with Gasteiger partial charge in [0.1, 0.15) is 23.2 Å². The van der Waals surface area contributed by atoms with Gasteiger partial charge in [-0.05, 0) is 45.5 Å². The van der Waals surface area contributed by atoms with Crippen LogP contribution < -0.4 is 10.6 Å². The molecule has 3 aromatic rings. The second kappa shape index (κ2) is 10.6. The number of nitrogens with zero attached hydrogens (tertiary/aromatic N) is 8. The molecule has 2 aliphatic heterocycles. The van der Waals surface area contributed by atoms with Crippen LogP contribution in [0.15, 0.2) is 46.8 Å². The minimum Gasteiger partial charge on any atom is -0.477 e. The van der Waals surface area contributed by atoms with Gasteiger partial charge >= 0.3 is 5.97 Å². The average Bonchev–Trinajstić information content (AvgIpc) is 3.61. The molecule has 4 heterocycles. The number of tetrazole rings is 2. The van der Waals surface area contributed by atoms with Gasteiger partial charge in [0.2, 0.25) is 11.1 Å². The zero-order valence-corrected chi connectivity index (χ0v) is 20.9. The number of aromatic nitrogens is 8. The maximum atomic E-state index is 12.9. The normalized spacial score (nSPS) is 19.7. The van der Waals surface area contributed by atoms with E-state index in [0.717, 1.165) is 5.69 Å². The Morgan fingerprint density at radius 3 is 2.81 bits per heavy atom. The van der Waals surface area contributed by atoms with Crippen molar-refractivity contribution in [1.29, 1.82) is 0 Å². The van der Waals surface area contributed by atoms with Gasteiger partial charge in [-0.3, -0.25) is 14.5 Å². The summed E-state index contributed by atoms with van der Waals surface area (Å²) < 4.78 is 1.52. The van der Waals surface area contributed by atoms with Crippen molar-refractivity contribution >= 4 is 47.0 Å². The van der Waals surface area contributed by atoms with Gasteiger partial charge in [0.25, 0.3) is 5.91 Å². The van der Waals surface area contributed by atoms with Crippen LogP contribution in [0, 0.1) is 0 Å². The molecule has 2 aromatic heterocycles. The molecule has 15 nitrogen and oxygen atoms in total. The highest BCUT2D eigenvalue weighted by Gasteiger charge is 2.54. The van der Waals surface area contributed by atoms with Gasteiger partial charge in [-0.15, -0.1) is 22.0 Å². The molecule has 2 amide bonds. The lowest BCUT2D eigenvalue weighted by molar-refractivity contribution is -0.150. The van der Waals surface area contributed by atoms with Crippen molar-refractivity contribution in [2.75, 3.05) is 23.4 Å². The molecule has 0 radical (unpaired) electrons. The van der Waals surface area contributed by atoms with Gasteiger partial charge in [0, 0.05) is 17.2 Å². The van der Waals surface area contributed by atoms with Gasteiger partial charge in [-0.25, -0.2) is 14.6 Å². The molecular formula is C20H21N11O4S2. The summed E-state index contributed by atoms with van der Waals surface area (Å²) in [6, 6.07) is 8.05. The Hall–Kier alpha value is -3.99. The Bertz CT molecular complexity index is 1330. The molecule has 1 unspecified atom stereocenters. The summed E-state index contributed by atoms with van der Waals surface area (Å²) >= 11 is 2.65. The van der Waals surface area contributed by atoms with Crippen LogP contribution in [0.5, 0.6) is 0 Å². The summed E-state index contributed by atoms with van der Waals surface area (Å²) in [5, 5.41) is 40.9. The quantitative estimate of drug-likeness (QED) is 0.193. The first kappa shape index (κ1) is 24.7. The first-order valence-electron chi connectivity index (χ1n) is 11.1. The van der Waals surface area contributed by atoms with Crippen molar-refractivity contribution in [1.82, 2.24) is 51.0 Å². The maximum Gasteiger partial charge on any atom is 0.352 e. The Kier molecular flexibility index (Phi) is 7.04. The van der Waals surface area contributed by atoms with Gasteiger partial charge in [-0.2, -0.15) is 0 Å². The van der Waals surface area contributed by atoms with Crippen molar-refractivity contribution in [2.45, 2.75) is 29.5 Å². The van der Waals surface area contributed by atoms with E-state index in [4.69, 9.17) is 0 Å². The number of hydrogen-bond donors (Lipinski definition) is 4. The number of aliphatic carboxylic acids is 1. The minimum absolute atomic E-state index is 0.00797. The molecule has 4 N–H and O–H groups in total. The number of carboxylic acids is 1. The number of rotatable bonds is 10. The third kappa shape index (κ3) is 4.99. The topological polar surface area (TPSA) is 197 Å². The Morgan fingerprint density at radius 1 is 1.27 bits per heavy atom. The van der Waals surface area contributed by atoms with E-state index in [-0.39, 0.29) is 29.9 Å². The summed E-state index contributed by atoms with van der Waals surface area (Å²) in [7, 11) is 0. The molecule has 0 spiro atoms. The second-order valence-corrected chi connectivity index (χ2v) is 10.1. The minimum atomic E-state index is -1.20. The van der Waals surface area contributed by atoms with Crippen LogP contribution in [0.25, 0.3) is 0 Å². The van der Waals surface area contributed by atoms with E-state index in [1.165, 1.54) is 33.1 Å². The van der Waals surface area contributed by atoms with E-state index in [1.807, 2.05) is 37.3 Å². The summed E-state index contributed by atoms with van der Waals surface area (Å²) in [5.74, 6) is -0.917. The number of carboxylic acid groups (broad SMARTS) is 1. The summed E-state index contributed by atoms with van der Waals surface area (Å²) in [6.45, 7) is 1.81. The standard InChI is InChI=1S/C20H21N11O4S2/c1-10(16-23-26-27-24-16)31-20(25-28-29-31)37-9-11-8-36-18-14(17(33)30(18)15(11)19(34)35)22-13(32)7-21-12-5-3-2-4-6-12/h2-6,10,14,18,21H,7-9H2,1H3,(H,22,32)(H,34,35)(H,23,24,26,27)/t10?,14-,18+/m1/s1. The van der Waals surface area contributed by atoms with Gasteiger partial charge in [-0.1, -0.05) is 30.0 Å². The summed E-state index contributed by atoms with van der Waals surface area (Å²) in [6.07, 6.45) is 0. The number of carbonyl (C=O) groups is 3. The predicted molar refractivity (Wildman–Crippen MR) is 131 cm³/mol. The Labute approximate surface area is 217 Å². The number of aromatic amines is 1. The van der Waals surface area contributed by atoms with Crippen LogP contribution in [0.3, 0.4) is 0 Å². The largest absolute Gasteiger partial charge is 0.477 e. The van der Waals surface area contributed by atoms with Gasteiger partial charge < -0.3 is 15.7 Å². The molecule has 0 aliphatic carbocycles. The van der Waals surface area contributed by atoms with Crippen LogP contribution in [-0.2, 0) is 14.4 Å². The number of benzene rings is 1. The number of anilines is 1. The molecule has 37 heavy (non-hydrogen) atoms. The molecule has 0 saturated carbocycles. The van der Waals surface area contributed by atoms with Gasteiger partial charge in [0.15, 0.2) is 5.82 Å². The number of fused-ring (bicyclic) bond motifs is 1. The number of nitrogens with one attached hydrogen (secondary N) is 3. The SMILES string of the molecule is CC(c1nnn[nH]1)n1nnnc1SCC1=C(C(=O)O)N2C(=O)[C@@H](NC(=O)CNc3ccccc3)[C@@H]2SC1. The van der Waals surface area contributed by atoms with Crippen molar-refractivity contribution in [3.05, 3.63) is 47.4 Å². The molecule has 3 atom stereocenters. The lowest BCUT2D eigenvalue weighted by Crippen LogP contribution is -2.71. The molecule has 17 heteroatoms. The predicted octanol–water partition coefficient (Wildman–Crippen LogP) is -0.262. The van der Waals surface area contributed by atoms with E-state index in [1.54, 1.807) is 0 Å². The smallest absolute Gasteiger partial charge is 0.352 e. The zero-order valence-electron chi connectivity index (χ0n) is 19.3. The van der Waals surface area contributed by atoms with Crippen LogP contribution in [0.4, 0.5) is 5.69 Å². The molecule has 192 valence electrons. The molecule has 1 aromatic carbocycles. The molecular weight excluding hydrogens is 522 g/mol. The van der Waals surface area contributed by atoms with Crippen molar-refractivity contribution < 1.29 is 19.5 Å². The molecule has 2 aliphatic rings. The maximum absolute atomic E-state index is 12.9.